The maximum absolute atomic E-state index is 5.83. The summed E-state index contributed by atoms with van der Waals surface area (Å²) in [6.07, 6.45) is 4.27. The molecule has 3 atom stereocenters. The quantitative estimate of drug-likeness (QED) is 0.834. The third-order valence-corrected chi connectivity index (χ3v) is 4.98. The van der Waals surface area contributed by atoms with E-state index in [9.17, 15) is 0 Å². The molecule has 1 saturated carbocycles. The van der Waals surface area contributed by atoms with Gasteiger partial charge in [0, 0.05) is 30.7 Å². The minimum Gasteiger partial charge on any atom is -0.494 e. The van der Waals surface area contributed by atoms with Crippen LogP contribution in [0.2, 0.25) is 0 Å². The Morgan fingerprint density at radius 2 is 2.14 bits per heavy atom. The summed E-state index contributed by atoms with van der Waals surface area (Å²) in [6.45, 7) is 8.37. The molecule has 1 saturated heterocycles. The lowest BCUT2D eigenvalue weighted by Gasteiger charge is -2.32. The van der Waals surface area contributed by atoms with Gasteiger partial charge in [0.1, 0.15) is 5.75 Å². The maximum Gasteiger partial charge on any atom is 0.124 e. The van der Waals surface area contributed by atoms with E-state index in [-0.39, 0.29) is 0 Å². The molecule has 2 bridgehead atoms. The van der Waals surface area contributed by atoms with E-state index in [4.69, 9.17) is 4.74 Å². The topological polar surface area (TPSA) is 24.5 Å². The Balaban J connectivity index is 1.74. The highest BCUT2D eigenvalue weighted by atomic mass is 16.5. The van der Waals surface area contributed by atoms with Crippen molar-refractivity contribution in [3.8, 4) is 5.75 Å². The molecule has 3 nitrogen and oxygen atoms in total. The Bertz CT molecular complexity index is 462. The molecule has 1 heterocycles. The van der Waals surface area contributed by atoms with E-state index in [0.29, 0.717) is 6.04 Å². The maximum atomic E-state index is 5.83. The number of fused-ring (bicyclic) bond motifs is 2. The van der Waals surface area contributed by atoms with Crippen molar-refractivity contribution >= 4 is 0 Å². The Kier molecular flexibility index (Phi) is 4.81. The van der Waals surface area contributed by atoms with E-state index in [1.54, 1.807) is 0 Å². The minimum atomic E-state index is 0.372. The molecule has 2 fully saturated rings. The molecule has 21 heavy (non-hydrogen) atoms. The molecule has 2 aliphatic rings. The highest BCUT2D eigenvalue weighted by Crippen LogP contribution is 2.38. The summed E-state index contributed by atoms with van der Waals surface area (Å²) in [5.41, 5.74) is 1.31. The van der Waals surface area contributed by atoms with Crippen LogP contribution in [0.3, 0.4) is 0 Å². The number of para-hydroxylation sites is 1. The fraction of sp³-hybridized carbons (Fsp3) is 0.667. The lowest BCUT2D eigenvalue weighted by Crippen LogP contribution is -2.39. The number of likely N-dealkylation sites (N-methyl/N-ethyl adjacent to an activating group) is 1. The molecule has 1 aliphatic heterocycles. The van der Waals surface area contributed by atoms with Gasteiger partial charge in [0.2, 0.25) is 0 Å². The fourth-order valence-corrected chi connectivity index (χ4v) is 4.06. The second-order valence-electron chi connectivity index (χ2n) is 6.37. The molecule has 1 N–H and O–H groups in total. The first-order chi connectivity index (χ1) is 10.3. The molecule has 1 aromatic rings. The molecule has 1 aromatic carbocycles. The summed E-state index contributed by atoms with van der Waals surface area (Å²) in [7, 11) is 0. The first kappa shape index (κ1) is 14.9. The summed E-state index contributed by atoms with van der Waals surface area (Å²) in [5, 5.41) is 3.66. The number of nitrogens with one attached hydrogen (secondary N) is 1. The number of piperidine rings is 1. The first-order valence-corrected chi connectivity index (χ1v) is 8.51. The van der Waals surface area contributed by atoms with Crippen molar-refractivity contribution in [3.05, 3.63) is 29.8 Å². The molecule has 0 spiro atoms. The third-order valence-electron chi connectivity index (χ3n) is 4.98. The predicted octanol–water partition coefficient (Wildman–Crippen LogP) is 3.22. The summed E-state index contributed by atoms with van der Waals surface area (Å²) in [6, 6.07) is 9.70. The van der Waals surface area contributed by atoms with Crippen molar-refractivity contribution in [1.29, 1.82) is 0 Å². The van der Waals surface area contributed by atoms with Gasteiger partial charge in [0.05, 0.1) is 6.61 Å². The Morgan fingerprint density at radius 3 is 2.81 bits per heavy atom. The second-order valence-corrected chi connectivity index (χ2v) is 6.37. The van der Waals surface area contributed by atoms with Crippen LogP contribution in [0.25, 0.3) is 0 Å². The smallest absolute Gasteiger partial charge is 0.124 e. The van der Waals surface area contributed by atoms with Gasteiger partial charge < -0.3 is 10.1 Å². The van der Waals surface area contributed by atoms with E-state index >= 15 is 0 Å². The molecule has 3 heteroatoms. The highest BCUT2D eigenvalue weighted by Gasteiger charge is 2.38. The van der Waals surface area contributed by atoms with Crippen LogP contribution in [0.1, 0.15) is 44.7 Å². The van der Waals surface area contributed by atoms with E-state index < -0.39 is 0 Å². The van der Waals surface area contributed by atoms with Gasteiger partial charge >= 0.3 is 0 Å². The van der Waals surface area contributed by atoms with Crippen molar-refractivity contribution < 1.29 is 4.74 Å². The van der Waals surface area contributed by atoms with Crippen molar-refractivity contribution in [3.63, 3.8) is 0 Å². The number of benzene rings is 1. The molecule has 3 unspecified atom stereocenters. The SMILES string of the molecule is CCNC(CN1CC2CCC1C2)c1ccccc1OCC. The molecule has 116 valence electrons. The Morgan fingerprint density at radius 1 is 1.29 bits per heavy atom. The van der Waals surface area contributed by atoms with Crippen LogP contribution in [-0.4, -0.2) is 37.2 Å². The minimum absolute atomic E-state index is 0.372. The molecular formula is C18H28N2O. The number of likely N-dealkylation sites (tertiary alicyclic amines) is 1. The number of nitrogens with zero attached hydrogens (tertiary/aromatic N) is 1. The van der Waals surface area contributed by atoms with Crippen LogP contribution in [-0.2, 0) is 0 Å². The number of hydrogen-bond donors (Lipinski definition) is 1. The molecule has 0 aromatic heterocycles. The van der Waals surface area contributed by atoms with E-state index in [2.05, 4.69) is 48.3 Å². The average molecular weight is 288 g/mol. The van der Waals surface area contributed by atoms with Crippen molar-refractivity contribution in [1.82, 2.24) is 10.2 Å². The van der Waals surface area contributed by atoms with Gasteiger partial charge in [-0.2, -0.15) is 0 Å². The van der Waals surface area contributed by atoms with Crippen LogP contribution in [0.4, 0.5) is 0 Å². The highest BCUT2D eigenvalue weighted by molar-refractivity contribution is 5.36. The van der Waals surface area contributed by atoms with Crippen molar-refractivity contribution in [2.45, 2.75) is 45.2 Å². The van der Waals surface area contributed by atoms with Crippen LogP contribution >= 0.6 is 0 Å². The largest absolute Gasteiger partial charge is 0.494 e. The Hall–Kier alpha value is -1.06. The van der Waals surface area contributed by atoms with Crippen molar-refractivity contribution in [2.24, 2.45) is 5.92 Å². The molecule has 1 aliphatic carbocycles. The van der Waals surface area contributed by atoms with Gasteiger partial charge in [-0.15, -0.1) is 0 Å². The molecular weight excluding hydrogens is 260 g/mol. The zero-order valence-corrected chi connectivity index (χ0v) is 13.3. The summed E-state index contributed by atoms with van der Waals surface area (Å²) in [5.74, 6) is 2.00. The van der Waals surface area contributed by atoms with Crippen LogP contribution < -0.4 is 10.1 Å². The van der Waals surface area contributed by atoms with E-state index in [1.807, 2.05) is 0 Å². The normalized spacial score (nSPS) is 26.2. The van der Waals surface area contributed by atoms with Crippen molar-refractivity contribution in [2.75, 3.05) is 26.2 Å². The van der Waals surface area contributed by atoms with Gasteiger partial charge in [-0.25, -0.2) is 0 Å². The predicted molar refractivity (Wildman–Crippen MR) is 86.7 cm³/mol. The molecule has 3 rings (SSSR count). The fourth-order valence-electron chi connectivity index (χ4n) is 4.06. The molecule has 0 amide bonds. The lowest BCUT2D eigenvalue weighted by molar-refractivity contribution is 0.190. The van der Waals surface area contributed by atoms with Gasteiger partial charge in [-0.05, 0) is 44.7 Å². The Labute approximate surface area is 128 Å². The number of ether oxygens (including phenoxy) is 1. The van der Waals surface area contributed by atoms with Gasteiger partial charge in [-0.1, -0.05) is 25.1 Å². The second kappa shape index (κ2) is 6.80. The lowest BCUT2D eigenvalue weighted by atomic mass is 10.0. The van der Waals surface area contributed by atoms with Crippen LogP contribution in [0.5, 0.6) is 5.75 Å². The summed E-state index contributed by atoms with van der Waals surface area (Å²) in [4.78, 5) is 2.70. The van der Waals surface area contributed by atoms with Crippen LogP contribution in [0, 0.1) is 5.92 Å². The van der Waals surface area contributed by atoms with Gasteiger partial charge in [-0.3, -0.25) is 4.90 Å². The molecule has 0 radical (unpaired) electrons. The van der Waals surface area contributed by atoms with Gasteiger partial charge in [0.15, 0.2) is 0 Å². The van der Waals surface area contributed by atoms with E-state index in [1.165, 1.54) is 31.4 Å². The zero-order chi connectivity index (χ0) is 14.7. The average Bonchev–Trinajstić information content (AvgIpc) is 3.10. The summed E-state index contributed by atoms with van der Waals surface area (Å²) >= 11 is 0. The monoisotopic (exact) mass is 288 g/mol. The first-order valence-electron chi connectivity index (χ1n) is 8.51. The van der Waals surface area contributed by atoms with E-state index in [0.717, 1.165) is 37.4 Å². The number of rotatable bonds is 7. The zero-order valence-electron chi connectivity index (χ0n) is 13.3. The van der Waals surface area contributed by atoms with Gasteiger partial charge in [0.25, 0.3) is 0 Å². The number of hydrogen-bond acceptors (Lipinski definition) is 3. The summed E-state index contributed by atoms with van der Waals surface area (Å²) < 4.78 is 5.83. The standard InChI is InChI=1S/C18H28N2O/c1-3-19-17(13-20-12-14-9-10-15(20)11-14)16-7-5-6-8-18(16)21-4-2/h5-8,14-15,17,19H,3-4,9-13H2,1-2H3. The third kappa shape index (κ3) is 3.24. The van der Waals surface area contributed by atoms with Crippen LogP contribution in [0.15, 0.2) is 24.3 Å².